The number of hydrogen-bond acceptors (Lipinski definition) is 5. The fourth-order valence-electron chi connectivity index (χ4n) is 2.79. The molecule has 1 amide bonds. The van der Waals surface area contributed by atoms with Crippen LogP contribution in [0.15, 0.2) is 82.4 Å². The first-order valence-electron chi connectivity index (χ1n) is 8.86. The van der Waals surface area contributed by atoms with Crippen LogP contribution in [-0.2, 0) is 11.3 Å². The first kappa shape index (κ1) is 18.5. The molecule has 6 nitrogen and oxygen atoms in total. The lowest BCUT2D eigenvalue weighted by Gasteiger charge is -2.02. The molecular formula is C22H16N4O2S. The second-order valence-electron chi connectivity index (χ2n) is 6.12. The van der Waals surface area contributed by atoms with Gasteiger partial charge in [0.15, 0.2) is 0 Å². The smallest absolute Gasteiger partial charge is 0.262 e. The first-order valence-corrected chi connectivity index (χ1v) is 9.74. The number of nitrogens with one attached hydrogen (secondary N) is 1. The summed E-state index contributed by atoms with van der Waals surface area (Å²) in [5, 5.41) is 18.9. The molecule has 0 saturated carbocycles. The SMILES string of the molecule is N#CC(=Cc1cn(-c2ccccc2)nc1-c1cccs1)C(=O)NCc1ccco1. The summed E-state index contributed by atoms with van der Waals surface area (Å²) >= 11 is 1.55. The van der Waals surface area contributed by atoms with Crippen molar-refractivity contribution in [3.63, 3.8) is 0 Å². The number of hydrogen-bond donors (Lipinski definition) is 1. The topological polar surface area (TPSA) is 83.8 Å². The highest BCUT2D eigenvalue weighted by Gasteiger charge is 2.15. The minimum atomic E-state index is -0.464. The average molecular weight is 400 g/mol. The van der Waals surface area contributed by atoms with E-state index in [9.17, 15) is 10.1 Å². The summed E-state index contributed by atoms with van der Waals surface area (Å²) in [6.07, 6.45) is 4.92. The van der Waals surface area contributed by atoms with Gasteiger partial charge in [-0.05, 0) is 41.8 Å². The Morgan fingerprint density at radius 3 is 2.76 bits per heavy atom. The van der Waals surface area contributed by atoms with Gasteiger partial charge in [-0.15, -0.1) is 11.3 Å². The van der Waals surface area contributed by atoms with Crippen LogP contribution in [0, 0.1) is 11.3 Å². The monoisotopic (exact) mass is 400 g/mol. The van der Waals surface area contributed by atoms with Crippen molar-refractivity contribution in [2.24, 2.45) is 0 Å². The summed E-state index contributed by atoms with van der Waals surface area (Å²) in [6, 6.07) is 19.1. The van der Waals surface area contributed by atoms with E-state index in [1.165, 1.54) is 6.26 Å². The Morgan fingerprint density at radius 1 is 1.21 bits per heavy atom. The van der Waals surface area contributed by atoms with Gasteiger partial charge in [0.2, 0.25) is 0 Å². The molecule has 0 aliphatic carbocycles. The van der Waals surface area contributed by atoms with Gasteiger partial charge in [-0.3, -0.25) is 4.79 Å². The van der Waals surface area contributed by atoms with Crippen molar-refractivity contribution < 1.29 is 9.21 Å². The van der Waals surface area contributed by atoms with Gasteiger partial charge in [0.05, 0.1) is 23.4 Å². The summed E-state index contributed by atoms with van der Waals surface area (Å²) in [5.41, 5.74) is 2.31. The molecule has 7 heteroatoms. The van der Waals surface area contributed by atoms with Crippen LogP contribution in [0.1, 0.15) is 11.3 Å². The number of thiophene rings is 1. The zero-order chi connectivity index (χ0) is 20.1. The van der Waals surface area contributed by atoms with Crippen molar-refractivity contribution in [3.8, 4) is 22.3 Å². The fraction of sp³-hybridized carbons (Fsp3) is 0.0455. The Hall–Kier alpha value is -3.89. The highest BCUT2D eigenvalue weighted by molar-refractivity contribution is 7.13. The Bertz CT molecular complexity index is 1170. The molecule has 0 radical (unpaired) electrons. The molecule has 29 heavy (non-hydrogen) atoms. The molecular weight excluding hydrogens is 384 g/mol. The van der Waals surface area contributed by atoms with Gasteiger partial charge in [-0.1, -0.05) is 24.3 Å². The number of carbonyl (C=O) groups is 1. The molecule has 1 N–H and O–H groups in total. The Morgan fingerprint density at radius 2 is 2.07 bits per heavy atom. The summed E-state index contributed by atoms with van der Waals surface area (Å²) in [7, 11) is 0. The molecule has 0 unspecified atom stereocenters. The van der Waals surface area contributed by atoms with Crippen molar-refractivity contribution in [1.29, 1.82) is 5.26 Å². The van der Waals surface area contributed by atoms with E-state index in [4.69, 9.17) is 4.42 Å². The zero-order valence-electron chi connectivity index (χ0n) is 15.3. The van der Waals surface area contributed by atoms with Gasteiger partial charge >= 0.3 is 0 Å². The number of nitrogens with zero attached hydrogens (tertiary/aromatic N) is 3. The van der Waals surface area contributed by atoms with Crippen LogP contribution in [0.3, 0.4) is 0 Å². The molecule has 0 spiro atoms. The number of para-hydroxylation sites is 1. The van der Waals surface area contributed by atoms with Crippen LogP contribution in [0.2, 0.25) is 0 Å². The Labute approximate surface area is 171 Å². The third-order valence-electron chi connectivity index (χ3n) is 4.19. The predicted molar refractivity (Wildman–Crippen MR) is 111 cm³/mol. The van der Waals surface area contributed by atoms with E-state index in [0.29, 0.717) is 11.3 Å². The fourth-order valence-corrected chi connectivity index (χ4v) is 3.52. The van der Waals surface area contributed by atoms with Gasteiger partial charge in [0, 0.05) is 11.8 Å². The molecule has 0 aliphatic rings. The van der Waals surface area contributed by atoms with Gasteiger partial charge < -0.3 is 9.73 Å². The standard InChI is InChI=1S/C22H16N4O2S/c23-13-16(22(27)24-14-19-8-4-10-28-19)12-17-15-26(18-6-2-1-3-7-18)25-21(17)20-9-5-11-29-20/h1-12,15H,14H2,(H,24,27). The Balaban J connectivity index is 1.67. The molecule has 0 fully saturated rings. The van der Waals surface area contributed by atoms with Gasteiger partial charge in [0.25, 0.3) is 5.91 Å². The van der Waals surface area contributed by atoms with E-state index in [1.54, 1.807) is 34.2 Å². The highest BCUT2D eigenvalue weighted by Crippen LogP contribution is 2.29. The molecule has 0 saturated heterocycles. The van der Waals surface area contributed by atoms with E-state index in [1.807, 2.05) is 60.1 Å². The largest absolute Gasteiger partial charge is 0.467 e. The van der Waals surface area contributed by atoms with Gasteiger partial charge in [-0.25, -0.2) is 4.68 Å². The van der Waals surface area contributed by atoms with Crippen LogP contribution < -0.4 is 5.32 Å². The number of carbonyl (C=O) groups excluding carboxylic acids is 1. The number of rotatable bonds is 6. The number of furan rings is 1. The van der Waals surface area contributed by atoms with E-state index in [-0.39, 0.29) is 12.1 Å². The lowest BCUT2D eigenvalue weighted by atomic mass is 10.1. The van der Waals surface area contributed by atoms with Crippen molar-refractivity contribution >= 4 is 23.3 Å². The molecule has 1 aromatic carbocycles. The van der Waals surface area contributed by atoms with Crippen molar-refractivity contribution in [2.75, 3.05) is 0 Å². The molecule has 0 aliphatic heterocycles. The summed E-state index contributed by atoms with van der Waals surface area (Å²) < 4.78 is 6.95. The van der Waals surface area contributed by atoms with Crippen molar-refractivity contribution in [3.05, 3.63) is 89.3 Å². The highest BCUT2D eigenvalue weighted by atomic mass is 32.1. The van der Waals surface area contributed by atoms with Gasteiger partial charge in [0.1, 0.15) is 23.1 Å². The lowest BCUT2D eigenvalue weighted by molar-refractivity contribution is -0.117. The maximum Gasteiger partial charge on any atom is 0.262 e. The molecule has 3 heterocycles. The molecule has 0 bridgehead atoms. The van der Waals surface area contributed by atoms with E-state index in [0.717, 1.165) is 16.3 Å². The second kappa shape index (κ2) is 8.42. The molecule has 4 rings (SSSR count). The van der Waals surface area contributed by atoms with E-state index in [2.05, 4.69) is 10.4 Å². The van der Waals surface area contributed by atoms with Crippen molar-refractivity contribution in [2.45, 2.75) is 6.54 Å². The number of nitriles is 1. The van der Waals surface area contributed by atoms with Crippen LogP contribution in [0.5, 0.6) is 0 Å². The minimum Gasteiger partial charge on any atom is -0.467 e. The summed E-state index contributed by atoms with van der Waals surface area (Å²) in [6.45, 7) is 0.214. The minimum absolute atomic E-state index is 0.00183. The maximum atomic E-state index is 12.5. The lowest BCUT2D eigenvalue weighted by Crippen LogP contribution is -2.23. The number of amides is 1. The van der Waals surface area contributed by atoms with Crippen LogP contribution in [0.4, 0.5) is 0 Å². The zero-order valence-corrected chi connectivity index (χ0v) is 16.1. The van der Waals surface area contributed by atoms with Crippen LogP contribution in [-0.4, -0.2) is 15.7 Å². The third-order valence-corrected chi connectivity index (χ3v) is 5.06. The maximum absolute atomic E-state index is 12.5. The first-order chi connectivity index (χ1) is 14.2. The van der Waals surface area contributed by atoms with E-state index < -0.39 is 5.91 Å². The van der Waals surface area contributed by atoms with Crippen LogP contribution >= 0.6 is 11.3 Å². The van der Waals surface area contributed by atoms with E-state index >= 15 is 0 Å². The van der Waals surface area contributed by atoms with Gasteiger partial charge in [-0.2, -0.15) is 10.4 Å². The van der Waals surface area contributed by atoms with Crippen LogP contribution in [0.25, 0.3) is 22.3 Å². The predicted octanol–water partition coefficient (Wildman–Crippen LogP) is 4.42. The summed E-state index contributed by atoms with van der Waals surface area (Å²) in [4.78, 5) is 13.4. The normalized spacial score (nSPS) is 11.2. The number of aromatic nitrogens is 2. The Kier molecular flexibility index (Phi) is 5.36. The third kappa shape index (κ3) is 4.18. The quantitative estimate of drug-likeness (QED) is 0.384. The molecule has 4 aromatic rings. The van der Waals surface area contributed by atoms with Crippen molar-refractivity contribution in [1.82, 2.24) is 15.1 Å². The molecule has 3 aromatic heterocycles. The number of benzene rings is 1. The summed E-state index contributed by atoms with van der Waals surface area (Å²) in [5.74, 6) is 0.153. The molecule has 142 valence electrons. The second-order valence-corrected chi connectivity index (χ2v) is 7.07. The molecule has 0 atom stereocenters. The average Bonchev–Trinajstić information content (AvgIpc) is 3.52.